The van der Waals surface area contributed by atoms with Gasteiger partial charge in [-0.05, 0) is 67.4 Å². The highest BCUT2D eigenvalue weighted by Crippen LogP contribution is 2.31. The summed E-state index contributed by atoms with van der Waals surface area (Å²) < 4.78 is 1.59. The molecule has 3 aromatic carbocycles. The van der Waals surface area contributed by atoms with Crippen LogP contribution in [0, 0.1) is 13.8 Å². The summed E-state index contributed by atoms with van der Waals surface area (Å²) in [6, 6.07) is 17.2. The number of aromatic carboxylic acids is 1. The summed E-state index contributed by atoms with van der Waals surface area (Å²) in [6.07, 6.45) is 0. The molecule has 34 heavy (non-hydrogen) atoms. The number of aromatic nitrogens is 1. The summed E-state index contributed by atoms with van der Waals surface area (Å²) in [5, 5.41) is 15.0. The van der Waals surface area contributed by atoms with Gasteiger partial charge in [-0.1, -0.05) is 30.0 Å². The maximum absolute atomic E-state index is 12.6. The van der Waals surface area contributed by atoms with Crippen molar-refractivity contribution >= 4 is 62.5 Å². The van der Waals surface area contributed by atoms with Crippen LogP contribution in [-0.2, 0) is 4.79 Å². The first-order chi connectivity index (χ1) is 16.3. The van der Waals surface area contributed by atoms with Gasteiger partial charge in [-0.3, -0.25) is 9.59 Å². The highest BCUT2D eigenvalue weighted by Gasteiger charge is 2.16. The maximum atomic E-state index is 12.6. The molecule has 0 saturated heterocycles. The number of amides is 2. The van der Waals surface area contributed by atoms with Gasteiger partial charge in [-0.15, -0.1) is 11.3 Å². The highest BCUT2D eigenvalue weighted by molar-refractivity contribution is 8.01. The number of carbonyl (C=O) groups excluding carboxylic acids is 2. The third-order valence-electron chi connectivity index (χ3n) is 4.86. The number of fused-ring (bicyclic) bond motifs is 1. The zero-order valence-electron chi connectivity index (χ0n) is 18.4. The first-order valence-electron chi connectivity index (χ1n) is 10.3. The molecule has 4 rings (SSSR count). The number of benzene rings is 3. The number of hydrogen-bond donors (Lipinski definition) is 3. The number of thiazole rings is 1. The van der Waals surface area contributed by atoms with Crippen molar-refractivity contribution in [2.24, 2.45) is 0 Å². The van der Waals surface area contributed by atoms with Gasteiger partial charge in [0.25, 0.3) is 5.91 Å². The van der Waals surface area contributed by atoms with Gasteiger partial charge in [0.15, 0.2) is 4.34 Å². The Bertz CT molecular complexity index is 1390. The van der Waals surface area contributed by atoms with Crippen molar-refractivity contribution in [1.29, 1.82) is 0 Å². The molecular weight excluding hydrogens is 470 g/mol. The Kier molecular flexibility index (Phi) is 6.95. The molecule has 4 aromatic rings. The number of nitrogens with one attached hydrogen (secondary N) is 2. The van der Waals surface area contributed by atoms with Crippen LogP contribution >= 0.6 is 23.1 Å². The molecule has 1 aromatic heterocycles. The molecule has 7 nitrogen and oxygen atoms in total. The van der Waals surface area contributed by atoms with Gasteiger partial charge < -0.3 is 15.7 Å². The van der Waals surface area contributed by atoms with Gasteiger partial charge in [-0.2, -0.15) is 0 Å². The van der Waals surface area contributed by atoms with Crippen LogP contribution in [0.4, 0.5) is 11.4 Å². The van der Waals surface area contributed by atoms with Gasteiger partial charge >= 0.3 is 5.97 Å². The van der Waals surface area contributed by atoms with Gasteiger partial charge in [0.05, 0.1) is 27.1 Å². The Morgan fingerprint density at radius 2 is 1.62 bits per heavy atom. The number of nitrogens with zero attached hydrogens (tertiary/aromatic N) is 1. The number of aryl methyl sites for hydroxylation is 2. The van der Waals surface area contributed by atoms with Crippen LogP contribution < -0.4 is 10.6 Å². The molecule has 0 saturated carbocycles. The summed E-state index contributed by atoms with van der Waals surface area (Å²) >= 11 is 2.77. The summed E-state index contributed by atoms with van der Waals surface area (Å²) in [6.45, 7) is 3.97. The van der Waals surface area contributed by atoms with Crippen LogP contribution in [0.1, 0.15) is 31.8 Å². The number of thioether (sulfide) groups is 1. The van der Waals surface area contributed by atoms with Gasteiger partial charge in [0, 0.05) is 11.4 Å². The third-order valence-corrected chi connectivity index (χ3v) is 7.02. The second-order valence-corrected chi connectivity index (χ2v) is 9.93. The van der Waals surface area contributed by atoms with Crippen molar-refractivity contribution in [1.82, 2.24) is 4.98 Å². The number of hydrogen-bond acceptors (Lipinski definition) is 6. The van der Waals surface area contributed by atoms with E-state index in [0.29, 0.717) is 5.69 Å². The SMILES string of the molecule is Cc1cc(C)cc(NC(=O)CSc2nc3ccc(NC(=O)c4ccccc4C(=O)O)cc3s2)c1. The minimum Gasteiger partial charge on any atom is -0.478 e. The fourth-order valence-electron chi connectivity index (χ4n) is 3.48. The topological polar surface area (TPSA) is 108 Å². The summed E-state index contributed by atoms with van der Waals surface area (Å²) in [5.41, 5.74) is 4.27. The predicted molar refractivity (Wildman–Crippen MR) is 136 cm³/mol. The average molecular weight is 492 g/mol. The van der Waals surface area contributed by atoms with Crippen molar-refractivity contribution in [2.45, 2.75) is 18.2 Å². The van der Waals surface area contributed by atoms with Gasteiger partial charge in [0.1, 0.15) is 0 Å². The maximum Gasteiger partial charge on any atom is 0.336 e. The second-order valence-electron chi connectivity index (χ2n) is 7.68. The smallest absolute Gasteiger partial charge is 0.336 e. The molecule has 0 unspecified atom stereocenters. The summed E-state index contributed by atoms with van der Waals surface area (Å²) in [5.74, 6) is -1.55. The molecule has 1 heterocycles. The number of carbonyl (C=O) groups is 3. The van der Waals surface area contributed by atoms with E-state index in [1.54, 1.807) is 30.3 Å². The van der Waals surface area contributed by atoms with Crippen LogP contribution in [0.25, 0.3) is 10.2 Å². The first-order valence-corrected chi connectivity index (χ1v) is 12.1. The molecule has 172 valence electrons. The molecule has 0 aliphatic rings. The molecule has 0 radical (unpaired) electrons. The molecule has 9 heteroatoms. The Labute approximate surface area is 204 Å². The van der Waals surface area contributed by atoms with E-state index in [0.717, 1.165) is 31.4 Å². The van der Waals surface area contributed by atoms with Crippen molar-refractivity contribution in [3.05, 3.63) is 82.9 Å². The minimum absolute atomic E-state index is 0.0587. The molecule has 0 aliphatic heterocycles. The van der Waals surface area contributed by atoms with E-state index in [4.69, 9.17) is 0 Å². The summed E-state index contributed by atoms with van der Waals surface area (Å²) in [7, 11) is 0. The monoisotopic (exact) mass is 491 g/mol. The van der Waals surface area contributed by atoms with E-state index >= 15 is 0 Å². The van der Waals surface area contributed by atoms with Crippen LogP contribution in [0.2, 0.25) is 0 Å². The van der Waals surface area contributed by atoms with E-state index < -0.39 is 11.9 Å². The second kappa shape index (κ2) is 10.1. The number of carboxylic acid groups (broad SMARTS) is 1. The Morgan fingerprint density at radius 1 is 0.912 bits per heavy atom. The van der Waals surface area contributed by atoms with Gasteiger partial charge in [-0.25, -0.2) is 9.78 Å². The van der Waals surface area contributed by atoms with E-state index in [-0.39, 0.29) is 22.8 Å². The lowest BCUT2D eigenvalue weighted by molar-refractivity contribution is -0.113. The van der Waals surface area contributed by atoms with Crippen molar-refractivity contribution in [3.63, 3.8) is 0 Å². The fourth-order valence-corrected chi connectivity index (χ4v) is 5.39. The Balaban J connectivity index is 1.41. The first kappa shape index (κ1) is 23.5. The van der Waals surface area contributed by atoms with E-state index in [9.17, 15) is 19.5 Å². The number of rotatable bonds is 7. The quantitative estimate of drug-likeness (QED) is 0.291. The van der Waals surface area contributed by atoms with Crippen LogP contribution in [-0.4, -0.2) is 33.6 Å². The lowest BCUT2D eigenvalue weighted by Gasteiger charge is -2.07. The van der Waals surface area contributed by atoms with E-state index in [1.165, 1.54) is 35.2 Å². The number of anilines is 2. The predicted octanol–water partition coefficient (Wildman–Crippen LogP) is 5.59. The molecule has 0 spiro atoms. The standard InChI is InChI=1S/C25H21N3O4S2/c1-14-9-15(2)11-17(10-14)26-22(29)13-33-25-28-20-8-7-16(12-21(20)34-25)27-23(30)18-5-3-4-6-19(18)24(31)32/h3-12H,13H2,1-2H3,(H,26,29)(H,27,30)(H,31,32). The molecule has 0 fully saturated rings. The van der Waals surface area contributed by atoms with E-state index in [2.05, 4.69) is 15.6 Å². The zero-order valence-corrected chi connectivity index (χ0v) is 20.0. The third kappa shape index (κ3) is 5.62. The molecule has 0 aliphatic carbocycles. The highest BCUT2D eigenvalue weighted by atomic mass is 32.2. The number of carboxylic acids is 1. The average Bonchev–Trinajstić information content (AvgIpc) is 3.19. The Hall–Kier alpha value is -3.69. The van der Waals surface area contributed by atoms with Crippen molar-refractivity contribution < 1.29 is 19.5 Å². The van der Waals surface area contributed by atoms with Crippen molar-refractivity contribution in [3.8, 4) is 0 Å². The van der Waals surface area contributed by atoms with Crippen molar-refractivity contribution in [2.75, 3.05) is 16.4 Å². The molecule has 0 atom stereocenters. The van der Waals surface area contributed by atoms with E-state index in [1.807, 2.05) is 32.0 Å². The van der Waals surface area contributed by atoms with Crippen LogP contribution in [0.15, 0.2) is 65.0 Å². The lowest BCUT2D eigenvalue weighted by Crippen LogP contribution is -2.16. The van der Waals surface area contributed by atoms with Crippen LogP contribution in [0.5, 0.6) is 0 Å². The largest absolute Gasteiger partial charge is 0.478 e. The molecule has 3 N–H and O–H groups in total. The molecule has 2 amide bonds. The molecular formula is C25H21N3O4S2. The Morgan fingerprint density at radius 3 is 2.32 bits per heavy atom. The summed E-state index contributed by atoms with van der Waals surface area (Å²) in [4.78, 5) is 40.9. The van der Waals surface area contributed by atoms with Gasteiger partial charge in [0.2, 0.25) is 5.91 Å². The minimum atomic E-state index is -1.16. The molecule has 0 bridgehead atoms. The zero-order chi connectivity index (χ0) is 24.2. The normalized spacial score (nSPS) is 10.8. The lowest BCUT2D eigenvalue weighted by atomic mass is 10.1. The fraction of sp³-hybridized carbons (Fsp3) is 0.120. The van der Waals surface area contributed by atoms with Crippen LogP contribution in [0.3, 0.4) is 0 Å².